The smallest absolute Gasteiger partial charge is 0.220 e. The van der Waals surface area contributed by atoms with E-state index in [0.717, 1.165) is 38.4 Å². The topological polar surface area (TPSA) is 41.1 Å². The fourth-order valence-corrected chi connectivity index (χ4v) is 3.15. The van der Waals surface area contributed by atoms with Gasteiger partial charge in [0.1, 0.15) is 0 Å². The van der Waals surface area contributed by atoms with Gasteiger partial charge in [-0.1, -0.05) is 29.3 Å². The molecule has 1 aliphatic heterocycles. The average Bonchev–Trinajstić information content (AvgIpc) is 2.45. The summed E-state index contributed by atoms with van der Waals surface area (Å²) in [7, 11) is 0. The molecular formula is C18H29ClN2O. The standard InChI is InChI=1S/C18H28N2O.ClH/c1-14-11-15(2)13-17(12-14)7-10-20-18(21)4-3-16-5-8-19-9-6-16;/h11-13,16,19H,3-10H2,1-2H3,(H,20,21);1H. The molecule has 0 saturated carbocycles. The van der Waals surface area contributed by atoms with Gasteiger partial charge in [0.05, 0.1) is 0 Å². The number of carbonyl (C=O) groups is 1. The lowest BCUT2D eigenvalue weighted by Crippen LogP contribution is -2.30. The molecule has 4 heteroatoms. The van der Waals surface area contributed by atoms with Crippen LogP contribution >= 0.6 is 12.4 Å². The number of rotatable bonds is 6. The second-order valence-corrected chi connectivity index (χ2v) is 6.33. The summed E-state index contributed by atoms with van der Waals surface area (Å²) < 4.78 is 0. The van der Waals surface area contributed by atoms with Crippen molar-refractivity contribution >= 4 is 18.3 Å². The maximum Gasteiger partial charge on any atom is 0.220 e. The third kappa shape index (κ3) is 6.80. The van der Waals surface area contributed by atoms with Crippen molar-refractivity contribution in [1.82, 2.24) is 10.6 Å². The molecule has 0 aromatic heterocycles. The number of nitrogens with one attached hydrogen (secondary N) is 2. The van der Waals surface area contributed by atoms with Crippen molar-refractivity contribution in [3.8, 4) is 0 Å². The molecule has 2 N–H and O–H groups in total. The molecule has 0 spiro atoms. The summed E-state index contributed by atoms with van der Waals surface area (Å²) in [5.41, 5.74) is 3.90. The Hall–Kier alpha value is -1.06. The van der Waals surface area contributed by atoms with Crippen molar-refractivity contribution in [3.63, 3.8) is 0 Å². The molecule has 1 heterocycles. The fraction of sp³-hybridized carbons (Fsp3) is 0.611. The lowest BCUT2D eigenvalue weighted by Gasteiger charge is -2.22. The van der Waals surface area contributed by atoms with Crippen LogP contribution in [0.25, 0.3) is 0 Å². The highest BCUT2D eigenvalue weighted by molar-refractivity contribution is 5.85. The van der Waals surface area contributed by atoms with E-state index in [4.69, 9.17) is 0 Å². The van der Waals surface area contributed by atoms with Crippen LogP contribution in [-0.2, 0) is 11.2 Å². The van der Waals surface area contributed by atoms with Gasteiger partial charge in [-0.05, 0) is 64.1 Å². The van der Waals surface area contributed by atoms with Gasteiger partial charge in [0, 0.05) is 13.0 Å². The zero-order valence-electron chi connectivity index (χ0n) is 13.8. The molecule has 1 fully saturated rings. The number of piperidine rings is 1. The quantitative estimate of drug-likeness (QED) is 0.844. The molecule has 1 saturated heterocycles. The van der Waals surface area contributed by atoms with E-state index in [1.54, 1.807) is 0 Å². The van der Waals surface area contributed by atoms with Crippen molar-refractivity contribution in [3.05, 3.63) is 34.9 Å². The van der Waals surface area contributed by atoms with E-state index in [1.807, 2.05) is 0 Å². The summed E-state index contributed by atoms with van der Waals surface area (Å²) in [6.07, 6.45) is 5.07. The van der Waals surface area contributed by atoms with Gasteiger partial charge in [-0.25, -0.2) is 0 Å². The van der Waals surface area contributed by atoms with Crippen LogP contribution in [0.4, 0.5) is 0 Å². The SMILES string of the molecule is Cc1cc(C)cc(CCNC(=O)CCC2CCNCC2)c1.Cl. The summed E-state index contributed by atoms with van der Waals surface area (Å²) in [4.78, 5) is 11.9. The summed E-state index contributed by atoms with van der Waals surface area (Å²) in [6.45, 7) is 7.20. The molecule has 0 unspecified atom stereocenters. The van der Waals surface area contributed by atoms with Crippen molar-refractivity contribution in [2.75, 3.05) is 19.6 Å². The third-order valence-corrected chi connectivity index (χ3v) is 4.26. The Bertz CT molecular complexity index is 450. The van der Waals surface area contributed by atoms with Crippen LogP contribution in [0.2, 0.25) is 0 Å². The number of halogens is 1. The minimum absolute atomic E-state index is 0. The second-order valence-electron chi connectivity index (χ2n) is 6.33. The largest absolute Gasteiger partial charge is 0.356 e. The van der Waals surface area contributed by atoms with Gasteiger partial charge in [0.15, 0.2) is 0 Å². The van der Waals surface area contributed by atoms with Crippen LogP contribution in [0.15, 0.2) is 18.2 Å². The highest BCUT2D eigenvalue weighted by Gasteiger charge is 2.14. The average molecular weight is 325 g/mol. The Morgan fingerprint density at radius 2 is 1.82 bits per heavy atom. The third-order valence-electron chi connectivity index (χ3n) is 4.26. The predicted octanol–water partition coefficient (Wildman–Crippen LogP) is 3.16. The van der Waals surface area contributed by atoms with E-state index in [2.05, 4.69) is 42.7 Å². The van der Waals surface area contributed by atoms with E-state index in [0.29, 0.717) is 6.42 Å². The Balaban J connectivity index is 0.00000242. The van der Waals surface area contributed by atoms with Gasteiger partial charge in [-0.2, -0.15) is 0 Å². The van der Waals surface area contributed by atoms with Gasteiger partial charge in [0.2, 0.25) is 5.91 Å². The van der Waals surface area contributed by atoms with E-state index in [9.17, 15) is 4.79 Å². The van der Waals surface area contributed by atoms with Crippen molar-refractivity contribution in [1.29, 1.82) is 0 Å². The molecule has 1 aromatic rings. The first-order chi connectivity index (χ1) is 10.1. The minimum atomic E-state index is 0. The Labute approximate surface area is 140 Å². The van der Waals surface area contributed by atoms with Gasteiger partial charge in [-0.15, -0.1) is 12.4 Å². The van der Waals surface area contributed by atoms with E-state index < -0.39 is 0 Å². The van der Waals surface area contributed by atoms with Crippen molar-refractivity contribution < 1.29 is 4.79 Å². The maximum atomic E-state index is 11.9. The predicted molar refractivity (Wildman–Crippen MR) is 94.7 cm³/mol. The Morgan fingerprint density at radius 3 is 2.45 bits per heavy atom. The van der Waals surface area contributed by atoms with Gasteiger partial charge in [0.25, 0.3) is 0 Å². The molecule has 22 heavy (non-hydrogen) atoms. The molecule has 2 rings (SSSR count). The summed E-state index contributed by atoms with van der Waals surface area (Å²) in [6, 6.07) is 6.59. The molecule has 0 bridgehead atoms. The summed E-state index contributed by atoms with van der Waals surface area (Å²) >= 11 is 0. The van der Waals surface area contributed by atoms with Crippen LogP contribution in [0.3, 0.4) is 0 Å². The molecule has 1 aromatic carbocycles. The Kier molecular flexibility index (Phi) is 8.51. The van der Waals surface area contributed by atoms with Crippen LogP contribution in [0.1, 0.15) is 42.4 Å². The lowest BCUT2D eigenvalue weighted by atomic mass is 9.93. The molecule has 1 aliphatic rings. The first kappa shape index (κ1) is 19.0. The van der Waals surface area contributed by atoms with Crippen molar-refractivity contribution in [2.24, 2.45) is 5.92 Å². The van der Waals surface area contributed by atoms with E-state index >= 15 is 0 Å². The normalized spacial score (nSPS) is 15.2. The van der Waals surface area contributed by atoms with Gasteiger partial charge in [-0.3, -0.25) is 4.79 Å². The maximum absolute atomic E-state index is 11.9. The van der Waals surface area contributed by atoms with E-state index in [1.165, 1.54) is 29.5 Å². The molecule has 3 nitrogen and oxygen atoms in total. The van der Waals surface area contributed by atoms with Crippen LogP contribution in [-0.4, -0.2) is 25.5 Å². The molecule has 1 amide bonds. The number of hydrogen-bond donors (Lipinski definition) is 2. The first-order valence-corrected chi connectivity index (χ1v) is 8.18. The van der Waals surface area contributed by atoms with Crippen LogP contribution in [0, 0.1) is 19.8 Å². The highest BCUT2D eigenvalue weighted by Crippen LogP contribution is 2.17. The van der Waals surface area contributed by atoms with Gasteiger partial charge < -0.3 is 10.6 Å². The minimum Gasteiger partial charge on any atom is -0.356 e. The first-order valence-electron chi connectivity index (χ1n) is 8.18. The lowest BCUT2D eigenvalue weighted by molar-refractivity contribution is -0.121. The highest BCUT2D eigenvalue weighted by atomic mass is 35.5. The monoisotopic (exact) mass is 324 g/mol. The molecule has 0 aliphatic carbocycles. The van der Waals surface area contributed by atoms with Crippen LogP contribution in [0.5, 0.6) is 0 Å². The van der Waals surface area contributed by atoms with Gasteiger partial charge >= 0.3 is 0 Å². The number of amides is 1. The number of carbonyl (C=O) groups excluding carboxylic acids is 1. The fourth-order valence-electron chi connectivity index (χ4n) is 3.15. The summed E-state index contributed by atoms with van der Waals surface area (Å²) in [5.74, 6) is 0.939. The van der Waals surface area contributed by atoms with Crippen molar-refractivity contribution in [2.45, 2.75) is 46.0 Å². The molecule has 124 valence electrons. The number of aryl methyl sites for hydroxylation is 2. The Morgan fingerprint density at radius 1 is 1.18 bits per heavy atom. The zero-order chi connectivity index (χ0) is 15.1. The number of hydrogen-bond acceptors (Lipinski definition) is 2. The molecule has 0 atom stereocenters. The molecular weight excluding hydrogens is 296 g/mol. The second kappa shape index (κ2) is 9.86. The van der Waals surface area contributed by atoms with E-state index in [-0.39, 0.29) is 18.3 Å². The summed E-state index contributed by atoms with van der Waals surface area (Å²) in [5, 5.41) is 6.42. The zero-order valence-corrected chi connectivity index (χ0v) is 14.6. The van der Waals surface area contributed by atoms with Crippen LogP contribution < -0.4 is 10.6 Å². The number of benzene rings is 1. The molecule has 0 radical (unpaired) electrons.